The Morgan fingerprint density at radius 2 is 1.96 bits per heavy atom. The van der Waals surface area contributed by atoms with Gasteiger partial charge < -0.3 is 15.5 Å². The van der Waals surface area contributed by atoms with Crippen molar-refractivity contribution in [2.75, 3.05) is 6.54 Å². The molecule has 1 aliphatic heterocycles. The summed E-state index contributed by atoms with van der Waals surface area (Å²) in [6, 6.07) is 0.947. The second-order valence-corrected chi connectivity index (χ2v) is 8.41. The average Bonchev–Trinajstić information content (AvgIpc) is 2.98. The minimum atomic E-state index is -0.0888. The van der Waals surface area contributed by atoms with Gasteiger partial charge >= 0.3 is 6.03 Å². The number of rotatable bonds is 4. The Morgan fingerprint density at radius 1 is 1.25 bits per heavy atom. The van der Waals surface area contributed by atoms with Gasteiger partial charge in [-0.3, -0.25) is 4.79 Å². The number of nitrogens with one attached hydrogen (secondary N) is 2. The van der Waals surface area contributed by atoms with Crippen LogP contribution in [0.25, 0.3) is 0 Å². The number of amides is 3. The highest BCUT2D eigenvalue weighted by atomic mass is 16.2. The topological polar surface area (TPSA) is 61.4 Å². The molecule has 1 heterocycles. The maximum Gasteiger partial charge on any atom is 0.314 e. The van der Waals surface area contributed by atoms with Gasteiger partial charge in [0.25, 0.3) is 0 Å². The predicted molar refractivity (Wildman–Crippen MR) is 94.6 cm³/mol. The van der Waals surface area contributed by atoms with Crippen LogP contribution in [0.4, 0.5) is 4.79 Å². The van der Waals surface area contributed by atoms with Crippen LogP contribution in [0.1, 0.15) is 65.7 Å². The van der Waals surface area contributed by atoms with Crippen molar-refractivity contribution < 1.29 is 9.59 Å². The molecular formula is C19H33N3O2. The van der Waals surface area contributed by atoms with Gasteiger partial charge in [0.1, 0.15) is 0 Å². The number of carbonyl (C=O) groups excluding carboxylic acids is 2. The van der Waals surface area contributed by atoms with Gasteiger partial charge in [0, 0.05) is 31.1 Å². The molecule has 3 aliphatic rings. The van der Waals surface area contributed by atoms with Crippen molar-refractivity contribution >= 4 is 11.9 Å². The lowest BCUT2D eigenvalue weighted by atomic mass is 9.88. The van der Waals surface area contributed by atoms with E-state index in [-0.39, 0.29) is 12.1 Å². The van der Waals surface area contributed by atoms with Gasteiger partial charge in [0.15, 0.2) is 0 Å². The minimum absolute atomic E-state index is 0.0888. The summed E-state index contributed by atoms with van der Waals surface area (Å²) in [5.74, 6) is 1.78. The summed E-state index contributed by atoms with van der Waals surface area (Å²) < 4.78 is 0. The lowest BCUT2D eigenvalue weighted by Crippen LogP contribution is -2.44. The monoisotopic (exact) mass is 335 g/mol. The molecule has 0 aromatic rings. The molecule has 0 radical (unpaired) electrons. The van der Waals surface area contributed by atoms with E-state index in [1.165, 1.54) is 32.1 Å². The molecule has 4 atom stereocenters. The van der Waals surface area contributed by atoms with Gasteiger partial charge in [-0.25, -0.2) is 4.79 Å². The first kappa shape index (κ1) is 17.6. The van der Waals surface area contributed by atoms with E-state index in [0.717, 1.165) is 6.42 Å². The van der Waals surface area contributed by atoms with Crippen LogP contribution in [0, 0.1) is 17.8 Å². The van der Waals surface area contributed by atoms with Crippen molar-refractivity contribution in [3.63, 3.8) is 0 Å². The van der Waals surface area contributed by atoms with Crippen molar-refractivity contribution in [2.45, 2.75) is 83.8 Å². The SMILES string of the molecule is CC(C)NC(=O)NC[C@H]1[C@@H]2CC(=O)N(C3CCCCC3)[C@@H]2C[C@@H]1C. The zero-order valence-electron chi connectivity index (χ0n) is 15.4. The molecule has 0 aromatic carbocycles. The second kappa shape index (κ2) is 7.32. The first-order valence-corrected chi connectivity index (χ1v) is 9.83. The number of hydrogen-bond donors (Lipinski definition) is 2. The molecule has 5 nitrogen and oxygen atoms in total. The van der Waals surface area contributed by atoms with E-state index < -0.39 is 0 Å². The van der Waals surface area contributed by atoms with Gasteiger partial charge in [0.2, 0.25) is 5.91 Å². The van der Waals surface area contributed by atoms with Crippen LogP contribution in [0.15, 0.2) is 0 Å². The van der Waals surface area contributed by atoms with E-state index in [4.69, 9.17) is 0 Å². The fraction of sp³-hybridized carbons (Fsp3) is 0.895. The third kappa shape index (κ3) is 3.55. The van der Waals surface area contributed by atoms with E-state index in [0.29, 0.717) is 48.7 Å². The van der Waals surface area contributed by atoms with Crippen molar-refractivity contribution in [1.82, 2.24) is 15.5 Å². The fourth-order valence-corrected chi connectivity index (χ4v) is 5.25. The van der Waals surface area contributed by atoms with E-state index in [1.807, 2.05) is 13.8 Å². The zero-order valence-corrected chi connectivity index (χ0v) is 15.4. The highest BCUT2D eigenvalue weighted by molar-refractivity contribution is 5.80. The molecule has 24 heavy (non-hydrogen) atoms. The second-order valence-electron chi connectivity index (χ2n) is 8.41. The zero-order chi connectivity index (χ0) is 17.3. The highest BCUT2D eigenvalue weighted by Crippen LogP contribution is 2.47. The fourth-order valence-electron chi connectivity index (χ4n) is 5.25. The summed E-state index contributed by atoms with van der Waals surface area (Å²) in [4.78, 5) is 26.8. The summed E-state index contributed by atoms with van der Waals surface area (Å²) in [6.07, 6.45) is 8.00. The molecule has 0 spiro atoms. The maximum atomic E-state index is 12.6. The van der Waals surface area contributed by atoms with Gasteiger partial charge in [0.05, 0.1) is 0 Å². The van der Waals surface area contributed by atoms with E-state index in [1.54, 1.807) is 0 Å². The Labute approximate surface area is 145 Å². The highest BCUT2D eigenvalue weighted by Gasteiger charge is 2.52. The largest absolute Gasteiger partial charge is 0.338 e. The van der Waals surface area contributed by atoms with Crippen LogP contribution < -0.4 is 10.6 Å². The van der Waals surface area contributed by atoms with Crippen molar-refractivity contribution in [3.8, 4) is 0 Å². The summed E-state index contributed by atoms with van der Waals surface area (Å²) in [5, 5.41) is 5.91. The van der Waals surface area contributed by atoms with Gasteiger partial charge in [-0.05, 0) is 50.9 Å². The van der Waals surface area contributed by atoms with Crippen molar-refractivity contribution in [2.24, 2.45) is 17.8 Å². The molecule has 0 unspecified atom stereocenters. The molecule has 0 bridgehead atoms. The smallest absolute Gasteiger partial charge is 0.314 e. The normalized spacial score (nSPS) is 33.8. The number of fused-ring (bicyclic) bond motifs is 1. The lowest BCUT2D eigenvalue weighted by Gasteiger charge is -2.35. The summed E-state index contributed by atoms with van der Waals surface area (Å²) in [7, 11) is 0. The van der Waals surface area contributed by atoms with Gasteiger partial charge in [-0.2, -0.15) is 0 Å². The van der Waals surface area contributed by atoms with Crippen LogP contribution in [-0.4, -0.2) is 41.5 Å². The third-order valence-corrected chi connectivity index (χ3v) is 6.33. The van der Waals surface area contributed by atoms with Crippen LogP contribution in [0.5, 0.6) is 0 Å². The summed E-state index contributed by atoms with van der Waals surface area (Å²) in [5.41, 5.74) is 0. The average molecular weight is 335 g/mol. The quantitative estimate of drug-likeness (QED) is 0.830. The number of hydrogen-bond acceptors (Lipinski definition) is 2. The number of urea groups is 1. The van der Waals surface area contributed by atoms with Gasteiger partial charge in [-0.15, -0.1) is 0 Å². The summed E-state index contributed by atoms with van der Waals surface area (Å²) >= 11 is 0. The van der Waals surface area contributed by atoms with Crippen molar-refractivity contribution in [1.29, 1.82) is 0 Å². The summed E-state index contributed by atoms with van der Waals surface area (Å²) in [6.45, 7) is 6.90. The number of likely N-dealkylation sites (tertiary alicyclic amines) is 1. The molecule has 5 heteroatoms. The first-order chi connectivity index (χ1) is 11.5. The Kier molecular flexibility index (Phi) is 5.36. The lowest BCUT2D eigenvalue weighted by molar-refractivity contribution is -0.132. The molecule has 2 N–H and O–H groups in total. The molecule has 3 amide bonds. The molecule has 0 aromatic heterocycles. The number of carbonyl (C=O) groups is 2. The third-order valence-electron chi connectivity index (χ3n) is 6.33. The van der Waals surface area contributed by atoms with Crippen LogP contribution >= 0.6 is 0 Å². The Bertz CT molecular complexity index is 473. The Hall–Kier alpha value is -1.26. The molecular weight excluding hydrogens is 302 g/mol. The van der Waals surface area contributed by atoms with E-state index in [9.17, 15) is 9.59 Å². The standard InChI is InChI=1S/C19H33N3O2/c1-12(2)21-19(24)20-11-16-13(3)9-17-15(16)10-18(23)22(17)14-7-5-4-6-8-14/h12-17H,4-11H2,1-3H3,(H2,20,21,24)/t13-,15-,16+,17+/m0/s1. The molecule has 1 saturated heterocycles. The van der Waals surface area contributed by atoms with Gasteiger partial charge in [-0.1, -0.05) is 26.2 Å². The van der Waals surface area contributed by atoms with Crippen LogP contribution in [-0.2, 0) is 4.79 Å². The van der Waals surface area contributed by atoms with E-state index >= 15 is 0 Å². The van der Waals surface area contributed by atoms with E-state index in [2.05, 4.69) is 22.5 Å². The van der Waals surface area contributed by atoms with Crippen LogP contribution in [0.3, 0.4) is 0 Å². The molecule has 3 rings (SSSR count). The molecule has 2 saturated carbocycles. The number of nitrogens with zero attached hydrogens (tertiary/aromatic N) is 1. The minimum Gasteiger partial charge on any atom is -0.338 e. The Balaban J connectivity index is 1.61. The molecule has 3 fully saturated rings. The van der Waals surface area contributed by atoms with Crippen LogP contribution in [0.2, 0.25) is 0 Å². The maximum absolute atomic E-state index is 12.6. The Morgan fingerprint density at radius 3 is 2.62 bits per heavy atom. The van der Waals surface area contributed by atoms with Crippen molar-refractivity contribution in [3.05, 3.63) is 0 Å². The molecule has 2 aliphatic carbocycles. The molecule has 136 valence electrons. The first-order valence-electron chi connectivity index (χ1n) is 9.83. The predicted octanol–water partition coefficient (Wildman–Crippen LogP) is 2.90.